The smallest absolute Gasteiger partial charge is 0.136 e. The molecule has 0 saturated carbocycles. The van der Waals surface area contributed by atoms with Crippen LogP contribution in [0.25, 0.3) is 86.3 Å². The van der Waals surface area contributed by atoms with Crippen LogP contribution in [0, 0.1) is 0 Å². The molecule has 0 saturated heterocycles. The molecular formula is C52H33NOS. The maximum atomic E-state index is 6.24. The van der Waals surface area contributed by atoms with Crippen molar-refractivity contribution in [2.75, 3.05) is 4.90 Å². The summed E-state index contributed by atoms with van der Waals surface area (Å²) in [5.41, 5.74) is 12.3. The first-order chi connectivity index (χ1) is 27.2. The van der Waals surface area contributed by atoms with Crippen LogP contribution >= 0.6 is 11.3 Å². The van der Waals surface area contributed by atoms with Crippen LogP contribution in [0.5, 0.6) is 0 Å². The molecular weight excluding hydrogens is 687 g/mol. The Bertz CT molecular complexity index is 3210. The highest BCUT2D eigenvalue weighted by atomic mass is 32.1. The number of para-hydroxylation sites is 1. The third-order valence-corrected chi connectivity index (χ3v) is 12.1. The summed E-state index contributed by atoms with van der Waals surface area (Å²) in [5, 5.41) is 7.40. The fraction of sp³-hybridized carbons (Fsp3) is 0. The number of hydrogen-bond donors (Lipinski definition) is 0. The lowest BCUT2D eigenvalue weighted by molar-refractivity contribution is 0.669. The normalized spacial score (nSPS) is 11.6. The van der Waals surface area contributed by atoms with Crippen LogP contribution in [0.4, 0.5) is 17.1 Å². The summed E-state index contributed by atoms with van der Waals surface area (Å²) >= 11 is 1.87. The van der Waals surface area contributed by atoms with E-state index in [-0.39, 0.29) is 0 Å². The fourth-order valence-corrected chi connectivity index (χ4v) is 9.45. The van der Waals surface area contributed by atoms with Gasteiger partial charge in [-0.25, -0.2) is 0 Å². The van der Waals surface area contributed by atoms with Gasteiger partial charge in [0.2, 0.25) is 0 Å². The van der Waals surface area contributed by atoms with Crippen LogP contribution < -0.4 is 4.90 Å². The van der Waals surface area contributed by atoms with E-state index in [1.807, 2.05) is 23.5 Å². The summed E-state index contributed by atoms with van der Waals surface area (Å²) < 4.78 is 8.88. The van der Waals surface area contributed by atoms with Crippen LogP contribution in [0.2, 0.25) is 0 Å². The van der Waals surface area contributed by atoms with Crippen molar-refractivity contribution < 1.29 is 4.42 Å². The second-order valence-electron chi connectivity index (χ2n) is 14.1. The van der Waals surface area contributed by atoms with Crippen LogP contribution in [0.1, 0.15) is 0 Å². The van der Waals surface area contributed by atoms with E-state index in [4.69, 9.17) is 4.42 Å². The predicted octanol–water partition coefficient (Wildman–Crippen LogP) is 15.6. The molecule has 2 nitrogen and oxygen atoms in total. The van der Waals surface area contributed by atoms with Gasteiger partial charge in [0.1, 0.15) is 11.2 Å². The Labute approximate surface area is 322 Å². The third kappa shape index (κ3) is 5.40. The first-order valence-electron chi connectivity index (χ1n) is 18.7. The van der Waals surface area contributed by atoms with Crippen LogP contribution in [0.3, 0.4) is 0 Å². The highest BCUT2D eigenvalue weighted by Crippen LogP contribution is 2.43. The Morgan fingerprint density at radius 2 is 0.964 bits per heavy atom. The quantitative estimate of drug-likeness (QED) is 0.170. The monoisotopic (exact) mass is 719 g/mol. The van der Waals surface area contributed by atoms with E-state index in [0.717, 1.165) is 44.6 Å². The zero-order chi connectivity index (χ0) is 36.3. The van der Waals surface area contributed by atoms with E-state index in [1.54, 1.807) is 0 Å². The van der Waals surface area contributed by atoms with E-state index in [2.05, 4.69) is 193 Å². The Hall–Kier alpha value is -6.94. The van der Waals surface area contributed by atoms with E-state index >= 15 is 0 Å². The Kier molecular flexibility index (Phi) is 7.39. The van der Waals surface area contributed by atoms with Gasteiger partial charge in [0.05, 0.1) is 0 Å². The number of furan rings is 1. The first kappa shape index (κ1) is 31.6. The maximum Gasteiger partial charge on any atom is 0.136 e. The van der Waals surface area contributed by atoms with E-state index < -0.39 is 0 Å². The predicted molar refractivity (Wildman–Crippen MR) is 235 cm³/mol. The topological polar surface area (TPSA) is 16.4 Å². The van der Waals surface area contributed by atoms with Gasteiger partial charge in [-0.05, 0) is 105 Å². The van der Waals surface area contributed by atoms with Crippen molar-refractivity contribution >= 4 is 81.3 Å². The highest BCUT2D eigenvalue weighted by Gasteiger charge is 2.17. The summed E-state index contributed by atoms with van der Waals surface area (Å²) in [6, 6.07) is 72.2. The van der Waals surface area contributed by atoms with Crippen molar-refractivity contribution in [2.45, 2.75) is 0 Å². The minimum Gasteiger partial charge on any atom is -0.456 e. The molecule has 0 aliphatic carbocycles. The van der Waals surface area contributed by atoms with Gasteiger partial charge in [0.25, 0.3) is 0 Å². The molecule has 0 fully saturated rings. The molecule has 3 heteroatoms. The van der Waals surface area contributed by atoms with Crippen molar-refractivity contribution in [2.24, 2.45) is 0 Å². The van der Waals surface area contributed by atoms with E-state index in [0.29, 0.717) is 0 Å². The first-order valence-corrected chi connectivity index (χ1v) is 19.5. The molecule has 0 bridgehead atoms. The molecule has 9 aromatic carbocycles. The number of benzene rings is 9. The van der Waals surface area contributed by atoms with Crippen molar-refractivity contribution in [3.63, 3.8) is 0 Å². The van der Waals surface area contributed by atoms with Crippen molar-refractivity contribution in [1.82, 2.24) is 0 Å². The van der Waals surface area contributed by atoms with Crippen LogP contribution in [-0.2, 0) is 0 Å². The summed E-state index contributed by atoms with van der Waals surface area (Å²) in [5.74, 6) is 0. The molecule has 0 amide bonds. The molecule has 0 radical (unpaired) electrons. The number of fused-ring (bicyclic) bond motifs is 7. The van der Waals surface area contributed by atoms with Gasteiger partial charge in [-0.2, -0.15) is 0 Å². The summed E-state index contributed by atoms with van der Waals surface area (Å²) in [7, 11) is 0. The van der Waals surface area contributed by atoms with Gasteiger partial charge >= 0.3 is 0 Å². The number of thiophene rings is 1. The SMILES string of the molecule is c1cc(-c2ccc3ccccc3c2)cc(N(c2ccc(-c3cccc4c3sc3ccccc34)cc2)c2ccc(-c3cccc4oc5ccccc5c34)cc2)c1. The second kappa shape index (κ2) is 12.9. The van der Waals surface area contributed by atoms with Gasteiger partial charge in [-0.1, -0.05) is 140 Å². The Balaban J connectivity index is 1.03. The number of hydrogen-bond acceptors (Lipinski definition) is 3. The van der Waals surface area contributed by atoms with Crippen LogP contribution in [-0.4, -0.2) is 0 Å². The molecule has 0 N–H and O–H groups in total. The number of rotatable bonds is 6. The van der Waals surface area contributed by atoms with Crippen molar-refractivity contribution in [3.05, 3.63) is 200 Å². The molecule has 0 spiro atoms. The molecule has 55 heavy (non-hydrogen) atoms. The molecule has 0 atom stereocenters. The van der Waals surface area contributed by atoms with Gasteiger partial charge in [-0.3, -0.25) is 0 Å². The Morgan fingerprint density at radius 3 is 1.80 bits per heavy atom. The van der Waals surface area contributed by atoms with E-state index in [1.165, 1.54) is 58.8 Å². The van der Waals surface area contributed by atoms with E-state index in [9.17, 15) is 0 Å². The molecule has 0 aliphatic heterocycles. The summed E-state index contributed by atoms with van der Waals surface area (Å²) in [6.07, 6.45) is 0. The van der Waals surface area contributed by atoms with Crippen LogP contribution in [0.15, 0.2) is 205 Å². The largest absolute Gasteiger partial charge is 0.456 e. The second-order valence-corrected chi connectivity index (χ2v) is 15.2. The lowest BCUT2D eigenvalue weighted by Gasteiger charge is -2.26. The minimum absolute atomic E-state index is 0.904. The van der Waals surface area contributed by atoms with Gasteiger partial charge in [0.15, 0.2) is 0 Å². The Morgan fingerprint density at radius 1 is 0.364 bits per heavy atom. The number of nitrogens with zero attached hydrogens (tertiary/aromatic N) is 1. The van der Waals surface area contributed by atoms with Gasteiger partial charge < -0.3 is 9.32 Å². The highest BCUT2D eigenvalue weighted by molar-refractivity contribution is 7.26. The van der Waals surface area contributed by atoms with Gasteiger partial charge in [0, 0.05) is 48.0 Å². The average molecular weight is 720 g/mol. The molecule has 0 unspecified atom stereocenters. The molecule has 11 aromatic rings. The van der Waals surface area contributed by atoms with Gasteiger partial charge in [-0.15, -0.1) is 11.3 Å². The van der Waals surface area contributed by atoms with Crippen molar-refractivity contribution in [1.29, 1.82) is 0 Å². The average Bonchev–Trinajstić information content (AvgIpc) is 3.83. The zero-order valence-electron chi connectivity index (χ0n) is 29.8. The van der Waals surface area contributed by atoms with Crippen molar-refractivity contribution in [3.8, 4) is 33.4 Å². The molecule has 2 heterocycles. The number of anilines is 3. The minimum atomic E-state index is 0.904. The maximum absolute atomic E-state index is 6.24. The summed E-state index contributed by atoms with van der Waals surface area (Å²) in [4.78, 5) is 2.37. The lowest BCUT2D eigenvalue weighted by atomic mass is 9.98. The summed E-state index contributed by atoms with van der Waals surface area (Å²) in [6.45, 7) is 0. The zero-order valence-corrected chi connectivity index (χ0v) is 30.6. The standard InChI is InChI=1S/C52H33NOS/c1-2-11-37-32-39(23-22-34(37)10-1)38-12-7-13-42(33-38)53(40-28-24-35(25-29-40)43-16-9-20-49-51(43)47-15-3-5-19-48(47)54-49)41-30-26-36(27-31-41)44-17-8-18-46-45-14-4-6-21-50(45)55-52(44)46/h1-33H. The molecule has 0 aliphatic rings. The molecule has 258 valence electrons. The third-order valence-electron chi connectivity index (χ3n) is 10.9. The fourth-order valence-electron chi connectivity index (χ4n) is 8.21. The lowest BCUT2D eigenvalue weighted by Crippen LogP contribution is -2.10. The molecule has 11 rings (SSSR count). The molecule has 2 aromatic heterocycles.